The molecule has 2 aliphatic rings. The zero-order valence-electron chi connectivity index (χ0n) is 18.6. The minimum absolute atomic E-state index is 0.0115. The molecule has 0 bridgehead atoms. The SMILES string of the molecule is O=C(O)CCCNC(=O)CC1(CNC(=O)OCC2c3ccccc3-c3ccccc32)CCC1. The van der Waals surface area contributed by atoms with Crippen molar-refractivity contribution in [3.05, 3.63) is 59.7 Å². The van der Waals surface area contributed by atoms with Crippen LogP contribution in [-0.4, -0.2) is 42.8 Å². The third kappa shape index (κ3) is 5.35. The van der Waals surface area contributed by atoms with Crippen molar-refractivity contribution in [3.63, 3.8) is 0 Å². The molecule has 0 saturated heterocycles. The summed E-state index contributed by atoms with van der Waals surface area (Å²) >= 11 is 0. The number of carbonyl (C=O) groups excluding carboxylic acids is 2. The van der Waals surface area contributed by atoms with E-state index in [1.54, 1.807) is 0 Å². The lowest BCUT2D eigenvalue weighted by atomic mass is 9.66. The van der Waals surface area contributed by atoms with Gasteiger partial charge in [-0.2, -0.15) is 0 Å². The third-order valence-corrected chi connectivity index (χ3v) is 6.79. The number of amides is 2. The quantitative estimate of drug-likeness (QED) is 0.474. The monoisotopic (exact) mass is 450 g/mol. The van der Waals surface area contributed by atoms with Crippen LogP contribution in [0.1, 0.15) is 55.6 Å². The lowest BCUT2D eigenvalue weighted by Gasteiger charge is -2.41. The summed E-state index contributed by atoms with van der Waals surface area (Å²) in [6.45, 7) is 1.00. The largest absolute Gasteiger partial charge is 0.481 e. The van der Waals surface area contributed by atoms with E-state index in [1.165, 1.54) is 22.3 Å². The summed E-state index contributed by atoms with van der Waals surface area (Å²) in [5.74, 6) is -0.959. The number of benzene rings is 2. The second-order valence-electron chi connectivity index (χ2n) is 9.06. The number of carbonyl (C=O) groups is 3. The summed E-state index contributed by atoms with van der Waals surface area (Å²) in [5.41, 5.74) is 4.46. The smallest absolute Gasteiger partial charge is 0.407 e. The molecule has 33 heavy (non-hydrogen) atoms. The number of alkyl carbamates (subject to hydrolysis) is 1. The molecule has 1 saturated carbocycles. The Balaban J connectivity index is 1.26. The van der Waals surface area contributed by atoms with Crippen LogP contribution in [0.15, 0.2) is 48.5 Å². The van der Waals surface area contributed by atoms with Crippen LogP contribution in [0.2, 0.25) is 0 Å². The molecule has 0 aromatic heterocycles. The Morgan fingerprint density at radius 3 is 2.18 bits per heavy atom. The summed E-state index contributed by atoms with van der Waals surface area (Å²) in [6, 6.07) is 16.4. The average molecular weight is 451 g/mol. The number of carboxylic acids is 1. The van der Waals surface area contributed by atoms with Crippen molar-refractivity contribution in [3.8, 4) is 11.1 Å². The van der Waals surface area contributed by atoms with Crippen LogP contribution in [0.25, 0.3) is 11.1 Å². The average Bonchev–Trinajstić information content (AvgIpc) is 3.10. The lowest BCUT2D eigenvalue weighted by molar-refractivity contribution is -0.137. The van der Waals surface area contributed by atoms with E-state index in [4.69, 9.17) is 9.84 Å². The molecule has 0 aliphatic heterocycles. The fraction of sp³-hybridized carbons (Fsp3) is 0.423. The topological polar surface area (TPSA) is 105 Å². The zero-order valence-corrected chi connectivity index (χ0v) is 18.6. The van der Waals surface area contributed by atoms with Gasteiger partial charge in [0.25, 0.3) is 0 Å². The van der Waals surface area contributed by atoms with Gasteiger partial charge in [-0.3, -0.25) is 9.59 Å². The first-order valence-corrected chi connectivity index (χ1v) is 11.5. The molecule has 2 amide bonds. The first kappa shape index (κ1) is 22.8. The molecule has 3 N–H and O–H groups in total. The fourth-order valence-electron chi connectivity index (χ4n) is 4.87. The lowest BCUT2D eigenvalue weighted by Crippen LogP contribution is -2.45. The van der Waals surface area contributed by atoms with Crippen LogP contribution in [0, 0.1) is 5.41 Å². The van der Waals surface area contributed by atoms with E-state index in [1.807, 2.05) is 24.3 Å². The molecule has 1 fully saturated rings. The number of ether oxygens (including phenoxy) is 1. The highest BCUT2D eigenvalue weighted by atomic mass is 16.5. The number of hydrogen-bond donors (Lipinski definition) is 3. The Hall–Kier alpha value is -3.35. The van der Waals surface area contributed by atoms with Crippen LogP contribution in [0.4, 0.5) is 4.79 Å². The predicted octanol–water partition coefficient (Wildman–Crippen LogP) is 4.07. The van der Waals surface area contributed by atoms with E-state index < -0.39 is 12.1 Å². The van der Waals surface area contributed by atoms with Gasteiger partial charge in [0.1, 0.15) is 6.61 Å². The molecule has 2 aromatic carbocycles. The molecular formula is C26H30N2O5. The van der Waals surface area contributed by atoms with Crippen LogP contribution in [0.5, 0.6) is 0 Å². The number of nitrogens with one attached hydrogen (secondary N) is 2. The maximum absolute atomic E-state index is 12.5. The first-order chi connectivity index (χ1) is 16.0. The standard InChI is InChI=1S/C26H30N2O5/c29-23(27-14-5-11-24(30)31)15-26(12-6-13-26)17-28-25(32)33-16-22-20-9-3-1-7-18(20)19-8-2-4-10-21(19)22/h1-4,7-10,22H,5-6,11-17H2,(H,27,29)(H,28,32)(H,30,31). The molecule has 7 heteroatoms. The summed E-state index contributed by atoms with van der Waals surface area (Å²) < 4.78 is 5.60. The van der Waals surface area contributed by atoms with E-state index >= 15 is 0 Å². The summed E-state index contributed by atoms with van der Waals surface area (Å²) in [4.78, 5) is 35.3. The summed E-state index contributed by atoms with van der Waals surface area (Å²) in [6.07, 6.45) is 3.08. The van der Waals surface area contributed by atoms with E-state index in [9.17, 15) is 14.4 Å². The van der Waals surface area contributed by atoms with Gasteiger partial charge < -0.3 is 20.5 Å². The molecule has 4 rings (SSSR count). The number of hydrogen-bond acceptors (Lipinski definition) is 4. The molecule has 0 heterocycles. The van der Waals surface area contributed by atoms with Gasteiger partial charge in [-0.05, 0) is 46.9 Å². The van der Waals surface area contributed by atoms with Gasteiger partial charge >= 0.3 is 12.1 Å². The second kappa shape index (κ2) is 10.1. The Labute approximate surface area is 193 Å². The maximum Gasteiger partial charge on any atom is 0.407 e. The van der Waals surface area contributed by atoms with Gasteiger partial charge in [0.15, 0.2) is 0 Å². The van der Waals surface area contributed by atoms with Crippen molar-refractivity contribution in [2.45, 2.75) is 44.4 Å². The molecule has 0 radical (unpaired) electrons. The highest BCUT2D eigenvalue weighted by molar-refractivity contribution is 5.79. The Morgan fingerprint density at radius 2 is 1.61 bits per heavy atom. The highest BCUT2D eigenvalue weighted by Gasteiger charge is 2.39. The van der Waals surface area contributed by atoms with Crippen LogP contribution >= 0.6 is 0 Å². The van der Waals surface area contributed by atoms with Crippen LogP contribution in [0.3, 0.4) is 0 Å². The van der Waals surface area contributed by atoms with Crippen molar-refractivity contribution in [1.82, 2.24) is 10.6 Å². The highest BCUT2D eigenvalue weighted by Crippen LogP contribution is 2.45. The first-order valence-electron chi connectivity index (χ1n) is 11.5. The zero-order chi connectivity index (χ0) is 23.3. The number of fused-ring (bicyclic) bond motifs is 3. The molecular weight excluding hydrogens is 420 g/mol. The molecule has 0 spiro atoms. The van der Waals surface area contributed by atoms with Gasteiger partial charge in [-0.15, -0.1) is 0 Å². The van der Waals surface area contributed by atoms with Crippen molar-refractivity contribution in [2.24, 2.45) is 5.41 Å². The molecule has 0 unspecified atom stereocenters. The van der Waals surface area contributed by atoms with Crippen molar-refractivity contribution in [1.29, 1.82) is 0 Å². The maximum atomic E-state index is 12.5. The van der Waals surface area contributed by atoms with E-state index in [2.05, 4.69) is 34.9 Å². The minimum atomic E-state index is -0.869. The number of rotatable bonds is 10. The Morgan fingerprint density at radius 1 is 0.970 bits per heavy atom. The molecule has 2 aliphatic carbocycles. The van der Waals surface area contributed by atoms with E-state index in [-0.39, 0.29) is 30.3 Å². The van der Waals surface area contributed by atoms with Crippen LogP contribution < -0.4 is 10.6 Å². The van der Waals surface area contributed by atoms with Gasteiger partial charge in [0.05, 0.1) is 0 Å². The second-order valence-corrected chi connectivity index (χ2v) is 9.06. The van der Waals surface area contributed by atoms with Crippen molar-refractivity contribution >= 4 is 18.0 Å². The van der Waals surface area contributed by atoms with Crippen LogP contribution in [-0.2, 0) is 14.3 Å². The Kier molecular flexibility index (Phi) is 6.96. The van der Waals surface area contributed by atoms with Gasteiger partial charge in [0.2, 0.25) is 5.91 Å². The van der Waals surface area contributed by atoms with Gasteiger partial charge in [-0.1, -0.05) is 55.0 Å². The third-order valence-electron chi connectivity index (χ3n) is 6.79. The normalized spacial score (nSPS) is 15.6. The van der Waals surface area contributed by atoms with E-state index in [0.29, 0.717) is 25.9 Å². The van der Waals surface area contributed by atoms with Gasteiger partial charge in [-0.25, -0.2) is 4.79 Å². The summed E-state index contributed by atoms with van der Waals surface area (Å²) in [5, 5.41) is 14.3. The fourth-order valence-corrected chi connectivity index (χ4v) is 4.87. The summed E-state index contributed by atoms with van der Waals surface area (Å²) in [7, 11) is 0. The number of aliphatic carboxylic acids is 1. The van der Waals surface area contributed by atoms with E-state index in [0.717, 1.165) is 19.3 Å². The van der Waals surface area contributed by atoms with Gasteiger partial charge in [0, 0.05) is 31.8 Å². The molecule has 174 valence electrons. The predicted molar refractivity (Wildman–Crippen MR) is 124 cm³/mol. The number of carboxylic acid groups (broad SMARTS) is 1. The molecule has 0 atom stereocenters. The molecule has 2 aromatic rings. The Bertz CT molecular complexity index is 985. The minimum Gasteiger partial charge on any atom is -0.481 e. The van der Waals surface area contributed by atoms with Crippen molar-refractivity contribution in [2.75, 3.05) is 19.7 Å². The van der Waals surface area contributed by atoms with Crippen molar-refractivity contribution < 1.29 is 24.2 Å². The molecule has 7 nitrogen and oxygen atoms in total.